The lowest BCUT2D eigenvalue weighted by Crippen LogP contribution is -2.47. The number of sulfonamides is 1. The number of hydrogen-bond acceptors (Lipinski definition) is 6. The highest BCUT2D eigenvalue weighted by Crippen LogP contribution is 2.13. The van der Waals surface area contributed by atoms with Crippen molar-refractivity contribution in [2.45, 2.75) is 52.2 Å². The molecule has 3 aromatic carbocycles. The van der Waals surface area contributed by atoms with Gasteiger partial charge in [-0.3, -0.25) is 9.69 Å². The number of carbonyl (C=O) groups is 2. The Balaban J connectivity index is 1.70. The van der Waals surface area contributed by atoms with Crippen LogP contribution < -0.4 is 0 Å². The molecule has 220 valence electrons. The van der Waals surface area contributed by atoms with E-state index < -0.39 is 27.9 Å². The van der Waals surface area contributed by atoms with Crippen molar-refractivity contribution in [3.05, 3.63) is 108 Å². The topological polar surface area (TPSA) is 93.2 Å². The minimum Gasteiger partial charge on any atom is -0.445 e. The van der Waals surface area contributed by atoms with E-state index in [9.17, 15) is 18.0 Å². The number of benzene rings is 3. The van der Waals surface area contributed by atoms with Crippen molar-refractivity contribution >= 4 is 22.0 Å². The third kappa shape index (κ3) is 11.4. The molecule has 2 amide bonds. The predicted molar refractivity (Wildman–Crippen MR) is 159 cm³/mol. The fourth-order valence-corrected chi connectivity index (χ4v) is 5.77. The van der Waals surface area contributed by atoms with Gasteiger partial charge >= 0.3 is 6.09 Å². The van der Waals surface area contributed by atoms with E-state index in [-0.39, 0.29) is 32.9 Å². The predicted octanol–water partition coefficient (Wildman–Crippen LogP) is 5.78. The zero-order valence-corrected chi connectivity index (χ0v) is 24.5. The minimum atomic E-state index is -4.19. The maximum Gasteiger partial charge on any atom is 0.411 e. The molecule has 0 unspecified atom stereocenters. The van der Waals surface area contributed by atoms with Crippen molar-refractivity contribution in [3.63, 3.8) is 0 Å². The summed E-state index contributed by atoms with van der Waals surface area (Å²) >= 11 is 0. The van der Waals surface area contributed by atoms with Crippen molar-refractivity contribution in [3.8, 4) is 0 Å². The fourth-order valence-electron chi connectivity index (χ4n) is 4.23. The summed E-state index contributed by atoms with van der Waals surface area (Å²) in [5, 5.41) is 0. The highest BCUT2D eigenvalue weighted by Gasteiger charge is 2.31. The Morgan fingerprint density at radius 2 is 1.27 bits per heavy atom. The molecule has 0 saturated heterocycles. The summed E-state index contributed by atoms with van der Waals surface area (Å²) in [7, 11) is -4.19. The Labute approximate surface area is 243 Å². The first-order valence-corrected chi connectivity index (χ1v) is 15.6. The summed E-state index contributed by atoms with van der Waals surface area (Å²) in [5.74, 6) is -1.31. The molecule has 0 aliphatic rings. The molecule has 0 spiro atoms. The standard InChI is InChI=1S/C32H40N2O6S/c1-2-3-13-23-34(31(35)26-39-24-29-17-9-5-10-18-29)41(37,38)27-33(22-14-21-28-15-7-4-8-16-28)32(36)40-25-30-19-11-6-12-20-30/h4-12,15-20H,2-3,13-14,21-27H2,1H3. The monoisotopic (exact) mass is 580 g/mol. The molecule has 0 fully saturated rings. The fraction of sp³-hybridized carbons (Fsp3) is 0.375. The van der Waals surface area contributed by atoms with Crippen LogP contribution in [0.1, 0.15) is 49.3 Å². The van der Waals surface area contributed by atoms with E-state index in [2.05, 4.69) is 0 Å². The summed E-state index contributed by atoms with van der Waals surface area (Å²) in [5.41, 5.74) is 2.76. The molecule has 0 saturated carbocycles. The van der Waals surface area contributed by atoms with Gasteiger partial charge in [-0.15, -0.1) is 0 Å². The molecule has 0 radical (unpaired) electrons. The summed E-state index contributed by atoms with van der Waals surface area (Å²) in [4.78, 5) is 27.4. The van der Waals surface area contributed by atoms with E-state index in [0.29, 0.717) is 19.3 Å². The van der Waals surface area contributed by atoms with E-state index in [0.717, 1.165) is 33.8 Å². The van der Waals surface area contributed by atoms with Crippen LogP contribution in [-0.4, -0.2) is 55.2 Å². The SMILES string of the molecule is CCCCCN(C(=O)COCc1ccccc1)S(=O)(=O)CN(CCCc1ccccc1)C(=O)OCc1ccccc1. The summed E-state index contributed by atoms with van der Waals surface area (Å²) in [6.07, 6.45) is 2.60. The van der Waals surface area contributed by atoms with Crippen LogP contribution in [0.2, 0.25) is 0 Å². The first-order valence-electron chi connectivity index (χ1n) is 14.0. The lowest BCUT2D eigenvalue weighted by molar-refractivity contribution is -0.131. The van der Waals surface area contributed by atoms with Crippen LogP contribution in [-0.2, 0) is 43.9 Å². The lowest BCUT2D eigenvalue weighted by Gasteiger charge is -2.27. The van der Waals surface area contributed by atoms with Gasteiger partial charge in [0.2, 0.25) is 0 Å². The average Bonchev–Trinajstić information content (AvgIpc) is 2.99. The number of ether oxygens (including phenoxy) is 2. The van der Waals surface area contributed by atoms with E-state index in [1.807, 2.05) is 97.9 Å². The zero-order chi connectivity index (χ0) is 29.3. The van der Waals surface area contributed by atoms with Gasteiger partial charge in [-0.2, -0.15) is 0 Å². The molecule has 3 rings (SSSR count). The number of nitrogens with zero attached hydrogens (tertiary/aromatic N) is 2. The largest absolute Gasteiger partial charge is 0.445 e. The molecule has 3 aromatic rings. The number of carbonyl (C=O) groups excluding carboxylic acids is 2. The second kappa shape index (κ2) is 17.2. The van der Waals surface area contributed by atoms with Gasteiger partial charge in [-0.25, -0.2) is 17.5 Å². The highest BCUT2D eigenvalue weighted by molar-refractivity contribution is 7.89. The van der Waals surface area contributed by atoms with Gasteiger partial charge in [0.1, 0.15) is 19.1 Å². The van der Waals surface area contributed by atoms with E-state index in [1.54, 1.807) is 0 Å². The van der Waals surface area contributed by atoms with Gasteiger partial charge in [0.15, 0.2) is 0 Å². The van der Waals surface area contributed by atoms with Gasteiger partial charge in [0.05, 0.1) is 6.61 Å². The van der Waals surface area contributed by atoms with Crippen LogP contribution in [0.4, 0.5) is 4.79 Å². The number of aryl methyl sites for hydroxylation is 1. The van der Waals surface area contributed by atoms with Crippen molar-refractivity contribution in [2.24, 2.45) is 0 Å². The van der Waals surface area contributed by atoms with Gasteiger partial charge in [0.25, 0.3) is 15.9 Å². The van der Waals surface area contributed by atoms with Crippen molar-refractivity contribution in [1.29, 1.82) is 0 Å². The quantitative estimate of drug-likeness (QED) is 0.188. The minimum absolute atomic E-state index is 0.0153. The Bertz CT molecular complexity index is 1290. The van der Waals surface area contributed by atoms with Crippen LogP contribution in [0.5, 0.6) is 0 Å². The second-order valence-corrected chi connectivity index (χ2v) is 11.6. The van der Waals surface area contributed by atoms with Gasteiger partial charge < -0.3 is 9.47 Å². The molecular formula is C32H40N2O6S. The molecule has 0 heterocycles. The van der Waals surface area contributed by atoms with E-state index in [1.165, 1.54) is 4.90 Å². The molecular weight excluding hydrogens is 540 g/mol. The van der Waals surface area contributed by atoms with Crippen LogP contribution in [0.15, 0.2) is 91.0 Å². The number of hydrogen-bond donors (Lipinski definition) is 0. The third-order valence-electron chi connectivity index (χ3n) is 6.43. The molecule has 0 aromatic heterocycles. The van der Waals surface area contributed by atoms with Crippen molar-refractivity contribution in [1.82, 2.24) is 9.21 Å². The van der Waals surface area contributed by atoms with Crippen molar-refractivity contribution in [2.75, 3.05) is 25.6 Å². The number of amides is 2. The first kappa shape index (κ1) is 31.8. The molecule has 41 heavy (non-hydrogen) atoms. The normalized spacial score (nSPS) is 11.1. The summed E-state index contributed by atoms with van der Waals surface area (Å²) in [6, 6.07) is 28.3. The van der Waals surface area contributed by atoms with E-state index in [4.69, 9.17) is 9.47 Å². The van der Waals surface area contributed by atoms with Crippen molar-refractivity contribution < 1.29 is 27.5 Å². The van der Waals surface area contributed by atoms with Crippen LogP contribution >= 0.6 is 0 Å². The first-order chi connectivity index (χ1) is 19.9. The lowest BCUT2D eigenvalue weighted by atomic mass is 10.1. The Morgan fingerprint density at radius 1 is 0.707 bits per heavy atom. The Hall–Kier alpha value is -3.69. The zero-order valence-electron chi connectivity index (χ0n) is 23.7. The summed E-state index contributed by atoms with van der Waals surface area (Å²) in [6.45, 7) is 2.01. The molecule has 0 bridgehead atoms. The number of rotatable bonds is 17. The molecule has 9 heteroatoms. The molecule has 0 aliphatic heterocycles. The number of unbranched alkanes of at least 4 members (excludes halogenated alkanes) is 2. The third-order valence-corrected chi connectivity index (χ3v) is 8.13. The molecule has 0 N–H and O–H groups in total. The molecule has 8 nitrogen and oxygen atoms in total. The maximum atomic E-state index is 13.6. The Kier molecular flexibility index (Phi) is 13.4. The van der Waals surface area contributed by atoms with Gasteiger partial charge in [-0.05, 0) is 36.0 Å². The maximum absolute atomic E-state index is 13.6. The van der Waals surface area contributed by atoms with Gasteiger partial charge in [0, 0.05) is 13.1 Å². The average molecular weight is 581 g/mol. The smallest absolute Gasteiger partial charge is 0.411 e. The Morgan fingerprint density at radius 3 is 1.85 bits per heavy atom. The highest BCUT2D eigenvalue weighted by atomic mass is 32.2. The van der Waals surface area contributed by atoms with Crippen LogP contribution in [0.3, 0.4) is 0 Å². The van der Waals surface area contributed by atoms with Gasteiger partial charge in [-0.1, -0.05) is 111 Å². The van der Waals surface area contributed by atoms with Crippen LogP contribution in [0.25, 0.3) is 0 Å². The molecule has 0 aliphatic carbocycles. The second-order valence-electron chi connectivity index (χ2n) is 9.79. The summed E-state index contributed by atoms with van der Waals surface area (Å²) < 4.78 is 39.2. The molecule has 0 atom stereocenters. The van der Waals surface area contributed by atoms with Crippen LogP contribution in [0, 0.1) is 0 Å². The van der Waals surface area contributed by atoms with E-state index >= 15 is 0 Å².